The monoisotopic (exact) mass is 290 g/mol. The predicted octanol–water partition coefficient (Wildman–Crippen LogP) is 3.74. The zero-order valence-corrected chi connectivity index (χ0v) is 12.5. The first-order valence-corrected chi connectivity index (χ1v) is 7.50. The Morgan fingerprint density at radius 1 is 1.15 bits per heavy atom. The molecular weight excluding hydrogens is 271 g/mol. The number of rotatable bonds is 5. The highest BCUT2D eigenvalue weighted by Gasteiger charge is 2.11. The van der Waals surface area contributed by atoms with Crippen molar-refractivity contribution in [2.24, 2.45) is 5.84 Å². The Balaban J connectivity index is 2.07. The zero-order chi connectivity index (χ0) is 14.5. The van der Waals surface area contributed by atoms with Crippen LogP contribution >= 0.6 is 11.8 Å². The topological polar surface area (TPSA) is 38.0 Å². The molecule has 1 unspecified atom stereocenters. The molecule has 2 rings (SSSR count). The fourth-order valence-electron chi connectivity index (χ4n) is 1.96. The molecule has 0 aliphatic heterocycles. The van der Waals surface area contributed by atoms with Gasteiger partial charge in [-0.05, 0) is 48.7 Å². The summed E-state index contributed by atoms with van der Waals surface area (Å²) >= 11 is 1.59. The Morgan fingerprint density at radius 3 is 2.60 bits per heavy atom. The van der Waals surface area contributed by atoms with Crippen molar-refractivity contribution in [1.82, 2.24) is 5.43 Å². The number of halogens is 1. The highest BCUT2D eigenvalue weighted by Crippen LogP contribution is 2.25. The fraction of sp³-hybridized carbons (Fsp3) is 0.250. The second-order valence-corrected chi connectivity index (χ2v) is 5.92. The maximum absolute atomic E-state index is 13.1. The third-order valence-corrected chi connectivity index (χ3v) is 4.43. The Bertz CT molecular complexity index is 586. The lowest BCUT2D eigenvalue weighted by Crippen LogP contribution is -2.29. The van der Waals surface area contributed by atoms with Gasteiger partial charge in [-0.25, -0.2) is 4.39 Å². The molecule has 0 aliphatic rings. The fourth-order valence-corrected chi connectivity index (χ4v) is 2.98. The van der Waals surface area contributed by atoms with Gasteiger partial charge >= 0.3 is 0 Å². The molecule has 0 aliphatic carbocycles. The smallest absolute Gasteiger partial charge is 0.124 e. The van der Waals surface area contributed by atoms with Crippen molar-refractivity contribution in [3.8, 4) is 0 Å². The second kappa shape index (κ2) is 6.88. The summed E-state index contributed by atoms with van der Waals surface area (Å²) in [5, 5.41) is 0. The first-order chi connectivity index (χ1) is 9.60. The van der Waals surface area contributed by atoms with Crippen molar-refractivity contribution in [2.75, 3.05) is 5.75 Å². The van der Waals surface area contributed by atoms with E-state index in [0.29, 0.717) is 0 Å². The number of hydrogen-bond acceptors (Lipinski definition) is 3. The summed E-state index contributed by atoms with van der Waals surface area (Å²) < 4.78 is 13.1. The molecular formula is C16H19FN2S. The number of aryl methyl sites for hydroxylation is 2. The highest BCUT2D eigenvalue weighted by molar-refractivity contribution is 7.99. The molecule has 2 aromatic carbocycles. The van der Waals surface area contributed by atoms with Crippen LogP contribution in [0.15, 0.2) is 47.4 Å². The van der Waals surface area contributed by atoms with E-state index in [2.05, 4.69) is 37.5 Å². The van der Waals surface area contributed by atoms with Crippen LogP contribution in [0.3, 0.4) is 0 Å². The third kappa shape index (κ3) is 3.82. The van der Waals surface area contributed by atoms with Crippen LogP contribution in [0.2, 0.25) is 0 Å². The van der Waals surface area contributed by atoms with Crippen LogP contribution in [0.25, 0.3) is 0 Å². The maximum atomic E-state index is 13.1. The maximum Gasteiger partial charge on any atom is 0.124 e. The first kappa shape index (κ1) is 15.0. The van der Waals surface area contributed by atoms with Gasteiger partial charge in [0.2, 0.25) is 0 Å². The van der Waals surface area contributed by atoms with Crippen molar-refractivity contribution < 1.29 is 4.39 Å². The van der Waals surface area contributed by atoms with Crippen molar-refractivity contribution in [2.45, 2.75) is 24.8 Å². The first-order valence-electron chi connectivity index (χ1n) is 6.52. The second-order valence-electron chi connectivity index (χ2n) is 4.83. The van der Waals surface area contributed by atoms with E-state index in [9.17, 15) is 4.39 Å². The van der Waals surface area contributed by atoms with Crippen molar-refractivity contribution in [3.05, 3.63) is 65.0 Å². The minimum absolute atomic E-state index is 0.0440. The number of hydrogen-bond donors (Lipinski definition) is 2. The lowest BCUT2D eigenvalue weighted by molar-refractivity contribution is 0.609. The molecule has 0 saturated heterocycles. The van der Waals surface area contributed by atoms with Gasteiger partial charge in [0.05, 0.1) is 6.04 Å². The normalized spacial score (nSPS) is 12.4. The van der Waals surface area contributed by atoms with E-state index < -0.39 is 0 Å². The van der Waals surface area contributed by atoms with E-state index in [1.807, 2.05) is 6.07 Å². The SMILES string of the molecule is Cc1ccc(C(CSc2cccc(F)c2)NN)cc1C. The van der Waals surface area contributed by atoms with Gasteiger partial charge in [0.15, 0.2) is 0 Å². The number of thioether (sulfide) groups is 1. The van der Waals surface area contributed by atoms with Crippen molar-refractivity contribution in [1.29, 1.82) is 0 Å². The number of nitrogens with two attached hydrogens (primary N) is 1. The van der Waals surface area contributed by atoms with Crippen LogP contribution in [0.4, 0.5) is 4.39 Å². The standard InChI is InChI=1S/C16H19FN2S/c1-11-6-7-13(8-12(11)2)16(19-18)10-20-15-5-3-4-14(17)9-15/h3-9,16,19H,10,18H2,1-2H3. The quantitative estimate of drug-likeness (QED) is 0.500. The highest BCUT2D eigenvalue weighted by atomic mass is 32.2. The van der Waals surface area contributed by atoms with E-state index in [1.54, 1.807) is 23.9 Å². The number of hydrazine groups is 1. The van der Waals surface area contributed by atoms with Crippen LogP contribution in [0.1, 0.15) is 22.7 Å². The van der Waals surface area contributed by atoms with Crippen LogP contribution in [-0.4, -0.2) is 5.75 Å². The number of nitrogens with one attached hydrogen (secondary N) is 1. The Kier molecular flexibility index (Phi) is 5.17. The molecule has 0 heterocycles. The van der Waals surface area contributed by atoms with Crippen LogP contribution in [0.5, 0.6) is 0 Å². The van der Waals surface area contributed by atoms with Crippen molar-refractivity contribution >= 4 is 11.8 Å². The van der Waals surface area contributed by atoms with Gasteiger partial charge in [-0.15, -0.1) is 11.8 Å². The van der Waals surface area contributed by atoms with Gasteiger partial charge in [-0.1, -0.05) is 24.3 Å². The minimum Gasteiger partial charge on any atom is -0.271 e. The summed E-state index contributed by atoms with van der Waals surface area (Å²) in [6.07, 6.45) is 0. The summed E-state index contributed by atoms with van der Waals surface area (Å²) in [6.45, 7) is 4.18. The van der Waals surface area contributed by atoms with Gasteiger partial charge in [0, 0.05) is 10.6 Å². The lowest BCUT2D eigenvalue weighted by Gasteiger charge is -2.17. The Hall–Kier alpha value is -1.36. The van der Waals surface area contributed by atoms with Gasteiger partial charge in [0.25, 0.3) is 0 Å². The summed E-state index contributed by atoms with van der Waals surface area (Å²) in [7, 11) is 0. The Labute approximate surface area is 123 Å². The van der Waals surface area contributed by atoms with Gasteiger partial charge in [-0.3, -0.25) is 11.3 Å². The molecule has 2 nitrogen and oxygen atoms in total. The van der Waals surface area contributed by atoms with Crippen molar-refractivity contribution in [3.63, 3.8) is 0 Å². The molecule has 0 aromatic heterocycles. The van der Waals surface area contributed by atoms with E-state index in [1.165, 1.54) is 17.2 Å². The minimum atomic E-state index is -0.210. The molecule has 0 radical (unpaired) electrons. The molecule has 0 amide bonds. The molecule has 3 N–H and O–H groups in total. The van der Waals surface area contributed by atoms with Gasteiger partial charge in [0.1, 0.15) is 5.82 Å². The molecule has 2 aromatic rings. The summed E-state index contributed by atoms with van der Waals surface area (Å²) in [5.74, 6) is 6.19. The van der Waals surface area contributed by atoms with E-state index in [4.69, 9.17) is 5.84 Å². The van der Waals surface area contributed by atoms with Gasteiger partial charge < -0.3 is 0 Å². The molecule has 1 atom stereocenters. The zero-order valence-electron chi connectivity index (χ0n) is 11.7. The lowest BCUT2D eigenvalue weighted by atomic mass is 10.0. The molecule has 20 heavy (non-hydrogen) atoms. The predicted molar refractivity (Wildman–Crippen MR) is 83.1 cm³/mol. The van der Waals surface area contributed by atoms with E-state index >= 15 is 0 Å². The van der Waals surface area contributed by atoms with E-state index in [0.717, 1.165) is 16.2 Å². The van der Waals surface area contributed by atoms with Crippen LogP contribution < -0.4 is 11.3 Å². The van der Waals surface area contributed by atoms with Crippen LogP contribution in [0, 0.1) is 19.7 Å². The molecule has 0 fully saturated rings. The molecule has 0 saturated carbocycles. The largest absolute Gasteiger partial charge is 0.271 e. The summed E-state index contributed by atoms with van der Waals surface area (Å²) in [6, 6.07) is 13.0. The van der Waals surface area contributed by atoms with Gasteiger partial charge in [-0.2, -0.15) is 0 Å². The Morgan fingerprint density at radius 2 is 1.95 bits per heavy atom. The molecule has 0 spiro atoms. The van der Waals surface area contributed by atoms with E-state index in [-0.39, 0.29) is 11.9 Å². The summed E-state index contributed by atoms with van der Waals surface area (Å²) in [5.41, 5.74) is 6.50. The van der Waals surface area contributed by atoms with Crippen LogP contribution in [-0.2, 0) is 0 Å². The summed E-state index contributed by atoms with van der Waals surface area (Å²) in [4.78, 5) is 0.911. The molecule has 0 bridgehead atoms. The molecule has 106 valence electrons. The number of benzene rings is 2. The average Bonchev–Trinajstić information content (AvgIpc) is 2.43. The molecule has 4 heteroatoms. The average molecular weight is 290 g/mol. The third-order valence-electron chi connectivity index (χ3n) is 3.35.